The van der Waals surface area contributed by atoms with Crippen LogP contribution in [-0.4, -0.2) is 67.6 Å². The molecule has 1 aliphatic rings. The first kappa shape index (κ1) is 18.8. The molecule has 2 heterocycles. The van der Waals surface area contributed by atoms with Gasteiger partial charge in [0.05, 0.1) is 12.8 Å². The molecule has 0 bridgehead atoms. The van der Waals surface area contributed by atoms with E-state index < -0.39 is 0 Å². The fourth-order valence-electron chi connectivity index (χ4n) is 3.02. The molecule has 140 valence electrons. The fraction of sp³-hybridized carbons (Fsp3) is 0.474. The molecule has 0 radical (unpaired) electrons. The fourth-order valence-corrected chi connectivity index (χ4v) is 3.84. The minimum atomic E-state index is 0.245. The number of carbonyl (C=O) groups excluding carboxylic acids is 1. The van der Waals surface area contributed by atoms with Crippen molar-refractivity contribution < 1.29 is 9.53 Å². The number of amides is 1. The third-order valence-corrected chi connectivity index (χ3v) is 5.53. The second-order valence-corrected chi connectivity index (χ2v) is 7.24. The van der Waals surface area contributed by atoms with Gasteiger partial charge in [-0.1, -0.05) is 0 Å². The number of methoxy groups -OCH3 is 1. The highest BCUT2D eigenvalue weighted by Crippen LogP contribution is 2.26. The maximum Gasteiger partial charge on any atom is 0.223 e. The van der Waals surface area contributed by atoms with Crippen molar-refractivity contribution in [1.29, 1.82) is 0 Å². The minimum Gasteiger partial charge on any atom is -0.497 e. The van der Waals surface area contributed by atoms with Gasteiger partial charge in [-0.3, -0.25) is 9.69 Å². The lowest BCUT2D eigenvalue weighted by Gasteiger charge is -2.34. The van der Waals surface area contributed by atoms with Crippen molar-refractivity contribution in [3.63, 3.8) is 0 Å². The highest BCUT2D eigenvalue weighted by Gasteiger charge is 2.21. The van der Waals surface area contributed by atoms with Crippen molar-refractivity contribution in [1.82, 2.24) is 20.1 Å². The molecule has 1 aromatic carbocycles. The molecule has 1 saturated heterocycles. The Morgan fingerprint density at radius 1 is 1.23 bits per heavy atom. The van der Waals surface area contributed by atoms with Gasteiger partial charge in [-0.25, -0.2) is 4.98 Å². The van der Waals surface area contributed by atoms with Crippen LogP contribution in [0, 0.1) is 0 Å². The van der Waals surface area contributed by atoms with Crippen LogP contribution in [0.3, 0.4) is 0 Å². The molecule has 1 aromatic heterocycles. The molecule has 6 nitrogen and oxygen atoms in total. The molecular weight excluding hydrogens is 348 g/mol. The summed E-state index contributed by atoms with van der Waals surface area (Å²) in [5, 5.41) is 6.19. The number of ether oxygens (including phenoxy) is 1. The van der Waals surface area contributed by atoms with Gasteiger partial charge >= 0.3 is 0 Å². The molecule has 7 heteroatoms. The quantitative estimate of drug-likeness (QED) is 0.804. The molecule has 0 atom stereocenters. The van der Waals surface area contributed by atoms with E-state index in [1.54, 1.807) is 18.4 Å². The zero-order valence-electron chi connectivity index (χ0n) is 15.4. The van der Waals surface area contributed by atoms with Crippen LogP contribution in [0.25, 0.3) is 10.6 Å². The Hall–Kier alpha value is -1.96. The summed E-state index contributed by atoms with van der Waals surface area (Å²) in [5.41, 5.74) is 2.21. The largest absolute Gasteiger partial charge is 0.497 e. The first-order chi connectivity index (χ1) is 12.7. The lowest BCUT2D eigenvalue weighted by Crippen LogP contribution is -2.48. The summed E-state index contributed by atoms with van der Waals surface area (Å²) in [4.78, 5) is 21.2. The molecule has 0 unspecified atom stereocenters. The zero-order valence-corrected chi connectivity index (χ0v) is 16.2. The predicted molar refractivity (Wildman–Crippen MR) is 105 cm³/mol. The Balaban J connectivity index is 1.51. The number of thiazole rings is 1. The highest BCUT2D eigenvalue weighted by molar-refractivity contribution is 7.13. The van der Waals surface area contributed by atoms with Gasteiger partial charge in [0.2, 0.25) is 5.91 Å². The Labute approximate surface area is 158 Å². The van der Waals surface area contributed by atoms with Crippen molar-refractivity contribution in [3.8, 4) is 16.3 Å². The van der Waals surface area contributed by atoms with E-state index in [-0.39, 0.29) is 5.91 Å². The van der Waals surface area contributed by atoms with E-state index in [1.165, 1.54) is 0 Å². The van der Waals surface area contributed by atoms with Gasteiger partial charge in [-0.05, 0) is 31.3 Å². The monoisotopic (exact) mass is 374 g/mol. The average Bonchev–Trinajstić information content (AvgIpc) is 3.15. The summed E-state index contributed by atoms with van der Waals surface area (Å²) < 4.78 is 5.20. The van der Waals surface area contributed by atoms with Crippen LogP contribution in [0.15, 0.2) is 29.6 Å². The van der Waals surface area contributed by atoms with E-state index in [0.29, 0.717) is 6.42 Å². The lowest BCUT2D eigenvalue weighted by atomic mass is 10.2. The summed E-state index contributed by atoms with van der Waals surface area (Å²) in [5.74, 6) is 1.10. The van der Waals surface area contributed by atoms with E-state index in [0.717, 1.165) is 61.3 Å². The molecule has 1 amide bonds. The summed E-state index contributed by atoms with van der Waals surface area (Å²) in [6, 6.07) is 8.00. The number of hydrogen-bond acceptors (Lipinski definition) is 6. The number of carbonyl (C=O) groups is 1. The normalized spacial score (nSPS) is 15.2. The van der Waals surface area contributed by atoms with Crippen molar-refractivity contribution >= 4 is 17.2 Å². The number of rotatable bonds is 7. The zero-order chi connectivity index (χ0) is 18.4. The van der Waals surface area contributed by atoms with Crippen LogP contribution in [-0.2, 0) is 11.3 Å². The number of benzene rings is 1. The standard InChI is InChI=1S/C19H26N4O2S/c1-20-8-7-18(24)23-11-9-22(10-12-23)13-16-14-26-19(21-16)15-3-5-17(25-2)6-4-15/h3-6,14,20H,7-13H2,1-2H3. The minimum absolute atomic E-state index is 0.245. The molecule has 1 N–H and O–H groups in total. The highest BCUT2D eigenvalue weighted by atomic mass is 32.1. The summed E-state index contributed by atoms with van der Waals surface area (Å²) in [6.07, 6.45) is 0.577. The van der Waals surface area contributed by atoms with Gasteiger partial charge in [0.25, 0.3) is 0 Å². The Morgan fingerprint density at radius 2 is 1.96 bits per heavy atom. The van der Waals surface area contributed by atoms with Gasteiger partial charge in [-0.15, -0.1) is 11.3 Å². The van der Waals surface area contributed by atoms with E-state index in [1.807, 2.05) is 36.2 Å². The van der Waals surface area contributed by atoms with E-state index in [9.17, 15) is 4.79 Å². The number of piperazine rings is 1. The maximum atomic E-state index is 12.1. The molecule has 1 aliphatic heterocycles. The topological polar surface area (TPSA) is 57.7 Å². The smallest absolute Gasteiger partial charge is 0.223 e. The van der Waals surface area contributed by atoms with Gasteiger partial charge < -0.3 is 15.0 Å². The second kappa shape index (κ2) is 9.12. The third kappa shape index (κ3) is 4.81. The first-order valence-electron chi connectivity index (χ1n) is 8.93. The van der Waals surface area contributed by atoms with Gasteiger partial charge in [0, 0.05) is 56.6 Å². The van der Waals surface area contributed by atoms with Crippen LogP contribution in [0.1, 0.15) is 12.1 Å². The van der Waals surface area contributed by atoms with Crippen molar-refractivity contribution in [2.24, 2.45) is 0 Å². The van der Waals surface area contributed by atoms with Crippen LogP contribution in [0.4, 0.5) is 0 Å². The summed E-state index contributed by atoms with van der Waals surface area (Å²) >= 11 is 1.67. The average molecular weight is 375 g/mol. The van der Waals surface area contributed by atoms with Crippen LogP contribution in [0.2, 0.25) is 0 Å². The first-order valence-corrected chi connectivity index (χ1v) is 9.81. The number of nitrogens with zero attached hydrogens (tertiary/aromatic N) is 3. The Morgan fingerprint density at radius 3 is 2.62 bits per heavy atom. The molecule has 0 saturated carbocycles. The van der Waals surface area contributed by atoms with E-state index in [4.69, 9.17) is 9.72 Å². The van der Waals surface area contributed by atoms with Gasteiger partial charge in [-0.2, -0.15) is 0 Å². The van der Waals surface area contributed by atoms with Crippen LogP contribution >= 0.6 is 11.3 Å². The Kier molecular flexibility index (Phi) is 6.60. The predicted octanol–water partition coefficient (Wildman–Crippen LogP) is 2.07. The molecule has 1 fully saturated rings. The number of nitrogens with one attached hydrogen (secondary N) is 1. The molecular formula is C19H26N4O2S. The molecule has 0 spiro atoms. The molecule has 3 rings (SSSR count). The van der Waals surface area contributed by atoms with E-state index in [2.05, 4.69) is 15.6 Å². The molecule has 0 aliphatic carbocycles. The third-order valence-electron chi connectivity index (χ3n) is 4.59. The van der Waals surface area contributed by atoms with Crippen LogP contribution in [0.5, 0.6) is 5.75 Å². The van der Waals surface area contributed by atoms with Crippen molar-refractivity contribution in [2.45, 2.75) is 13.0 Å². The molecule has 2 aromatic rings. The second-order valence-electron chi connectivity index (χ2n) is 6.38. The van der Waals surface area contributed by atoms with Gasteiger partial charge in [0.1, 0.15) is 10.8 Å². The van der Waals surface area contributed by atoms with Crippen molar-refractivity contribution in [3.05, 3.63) is 35.3 Å². The maximum absolute atomic E-state index is 12.1. The molecule has 26 heavy (non-hydrogen) atoms. The number of aromatic nitrogens is 1. The number of hydrogen-bond donors (Lipinski definition) is 1. The summed E-state index contributed by atoms with van der Waals surface area (Å²) in [7, 11) is 3.55. The van der Waals surface area contributed by atoms with Crippen LogP contribution < -0.4 is 10.1 Å². The Bertz CT molecular complexity index is 709. The van der Waals surface area contributed by atoms with Gasteiger partial charge in [0.15, 0.2) is 0 Å². The lowest BCUT2D eigenvalue weighted by molar-refractivity contribution is -0.132. The van der Waals surface area contributed by atoms with E-state index >= 15 is 0 Å². The summed E-state index contributed by atoms with van der Waals surface area (Å²) in [6.45, 7) is 4.99. The SMILES string of the molecule is CNCCC(=O)N1CCN(Cc2csc(-c3ccc(OC)cc3)n2)CC1. The van der Waals surface area contributed by atoms with Crippen molar-refractivity contribution in [2.75, 3.05) is 46.9 Å².